The van der Waals surface area contributed by atoms with Crippen LogP contribution in [0, 0.1) is 24.1 Å². The van der Waals surface area contributed by atoms with Gasteiger partial charge >= 0.3 is 0 Å². The predicted molar refractivity (Wildman–Crippen MR) is 116 cm³/mol. The molecule has 0 saturated heterocycles. The first kappa shape index (κ1) is 18.5. The van der Waals surface area contributed by atoms with Gasteiger partial charge in [-0.05, 0) is 65.1 Å². The molecule has 0 aliphatic heterocycles. The Hall–Kier alpha value is -2.85. The van der Waals surface area contributed by atoms with E-state index in [4.69, 9.17) is 6.42 Å². The summed E-state index contributed by atoms with van der Waals surface area (Å²) < 4.78 is 14.8. The van der Waals surface area contributed by atoms with Crippen LogP contribution in [0.15, 0.2) is 66.7 Å². The van der Waals surface area contributed by atoms with Crippen LogP contribution in [-0.4, -0.2) is 0 Å². The standard InChI is InChI=1S/C27H25F/c1-3-20-6-10-24(11-7-20)26-17-16-25(18-27(26)28)23-14-12-22(13-15-23)21-8-4-19(2)5-9-21/h1,6-7,10-19,21H,4-5,8-9H2,2H3. The van der Waals surface area contributed by atoms with Crippen LogP contribution < -0.4 is 0 Å². The molecule has 0 unspecified atom stereocenters. The van der Waals surface area contributed by atoms with E-state index in [1.54, 1.807) is 6.07 Å². The topological polar surface area (TPSA) is 0 Å². The fraction of sp³-hybridized carbons (Fsp3) is 0.259. The van der Waals surface area contributed by atoms with E-state index in [0.29, 0.717) is 11.5 Å². The molecule has 1 heteroatoms. The van der Waals surface area contributed by atoms with Gasteiger partial charge in [0.2, 0.25) is 0 Å². The molecule has 0 heterocycles. The quantitative estimate of drug-likeness (QED) is 0.422. The van der Waals surface area contributed by atoms with Crippen molar-refractivity contribution in [2.45, 2.75) is 38.5 Å². The second-order valence-electron chi connectivity index (χ2n) is 8.00. The molecule has 4 rings (SSSR count). The molecule has 3 aromatic rings. The zero-order valence-corrected chi connectivity index (χ0v) is 16.3. The second kappa shape index (κ2) is 8.03. The van der Waals surface area contributed by atoms with Gasteiger partial charge in [0.25, 0.3) is 0 Å². The predicted octanol–water partition coefficient (Wildman–Crippen LogP) is 7.43. The molecule has 28 heavy (non-hydrogen) atoms. The molecule has 1 saturated carbocycles. The number of rotatable bonds is 3. The van der Waals surface area contributed by atoms with Crippen molar-refractivity contribution < 1.29 is 4.39 Å². The Morgan fingerprint density at radius 1 is 0.786 bits per heavy atom. The van der Waals surface area contributed by atoms with Crippen LogP contribution in [0.25, 0.3) is 22.3 Å². The van der Waals surface area contributed by atoms with Crippen molar-refractivity contribution in [3.8, 4) is 34.6 Å². The largest absolute Gasteiger partial charge is 0.206 e. The normalized spacial score (nSPS) is 19.2. The lowest BCUT2D eigenvalue weighted by Crippen LogP contribution is -2.10. The van der Waals surface area contributed by atoms with Crippen molar-refractivity contribution >= 4 is 0 Å². The summed E-state index contributed by atoms with van der Waals surface area (Å²) in [7, 11) is 0. The summed E-state index contributed by atoms with van der Waals surface area (Å²) in [6, 6.07) is 21.6. The van der Waals surface area contributed by atoms with Crippen molar-refractivity contribution in [2.75, 3.05) is 0 Å². The summed E-state index contributed by atoms with van der Waals surface area (Å²) in [5.41, 5.74) is 5.62. The summed E-state index contributed by atoms with van der Waals surface area (Å²) in [5.74, 6) is 3.91. The Balaban J connectivity index is 1.54. The van der Waals surface area contributed by atoms with E-state index < -0.39 is 0 Å². The molecule has 140 valence electrons. The molecule has 0 atom stereocenters. The van der Waals surface area contributed by atoms with Crippen LogP contribution in [0.4, 0.5) is 4.39 Å². The highest BCUT2D eigenvalue weighted by Crippen LogP contribution is 2.36. The van der Waals surface area contributed by atoms with Gasteiger partial charge in [-0.2, -0.15) is 0 Å². The molecule has 0 spiro atoms. The maximum atomic E-state index is 14.8. The summed E-state index contributed by atoms with van der Waals surface area (Å²) >= 11 is 0. The highest BCUT2D eigenvalue weighted by molar-refractivity contribution is 5.71. The molecule has 0 bridgehead atoms. The van der Waals surface area contributed by atoms with Gasteiger partial charge < -0.3 is 0 Å². The van der Waals surface area contributed by atoms with Crippen LogP contribution in [0.2, 0.25) is 0 Å². The molecule has 1 aliphatic carbocycles. The average molecular weight is 368 g/mol. The number of terminal acetylenes is 1. The van der Waals surface area contributed by atoms with Crippen LogP contribution in [0.5, 0.6) is 0 Å². The zero-order valence-electron chi connectivity index (χ0n) is 16.3. The third-order valence-electron chi connectivity index (χ3n) is 6.06. The lowest BCUT2D eigenvalue weighted by molar-refractivity contribution is 0.348. The number of halogens is 1. The van der Waals surface area contributed by atoms with Gasteiger partial charge in [0.05, 0.1) is 0 Å². The van der Waals surface area contributed by atoms with Gasteiger partial charge in [-0.25, -0.2) is 4.39 Å². The molecule has 3 aromatic carbocycles. The number of benzene rings is 3. The zero-order chi connectivity index (χ0) is 19.5. The minimum atomic E-state index is -0.212. The highest BCUT2D eigenvalue weighted by atomic mass is 19.1. The maximum Gasteiger partial charge on any atom is 0.131 e. The minimum absolute atomic E-state index is 0.212. The molecule has 1 fully saturated rings. The second-order valence-corrected chi connectivity index (χ2v) is 8.00. The first-order valence-corrected chi connectivity index (χ1v) is 10.1. The molecule has 0 nitrogen and oxygen atoms in total. The van der Waals surface area contributed by atoms with Gasteiger partial charge in [0.15, 0.2) is 0 Å². The Morgan fingerprint density at radius 3 is 2.00 bits per heavy atom. The summed E-state index contributed by atoms with van der Waals surface area (Å²) in [6.07, 6.45) is 10.6. The van der Waals surface area contributed by atoms with Crippen molar-refractivity contribution in [3.63, 3.8) is 0 Å². The van der Waals surface area contributed by atoms with E-state index in [2.05, 4.69) is 37.1 Å². The third-order valence-corrected chi connectivity index (χ3v) is 6.06. The van der Waals surface area contributed by atoms with Crippen molar-refractivity contribution in [1.29, 1.82) is 0 Å². The summed E-state index contributed by atoms with van der Waals surface area (Å²) in [5, 5.41) is 0. The molecule has 0 amide bonds. The fourth-order valence-corrected chi connectivity index (χ4v) is 4.22. The van der Waals surface area contributed by atoms with E-state index in [9.17, 15) is 4.39 Å². The monoisotopic (exact) mass is 368 g/mol. The van der Waals surface area contributed by atoms with Gasteiger partial charge in [0, 0.05) is 11.1 Å². The molecule has 1 aliphatic rings. The van der Waals surface area contributed by atoms with E-state index in [1.165, 1.54) is 31.2 Å². The van der Waals surface area contributed by atoms with Gasteiger partial charge in [-0.15, -0.1) is 6.42 Å². The van der Waals surface area contributed by atoms with E-state index in [-0.39, 0.29) is 5.82 Å². The Kier molecular flexibility index (Phi) is 5.31. The van der Waals surface area contributed by atoms with Crippen molar-refractivity contribution in [2.24, 2.45) is 5.92 Å². The van der Waals surface area contributed by atoms with Crippen LogP contribution in [-0.2, 0) is 0 Å². The molecular weight excluding hydrogens is 343 g/mol. The molecular formula is C27H25F. The number of hydrogen-bond donors (Lipinski definition) is 0. The Morgan fingerprint density at radius 2 is 1.39 bits per heavy atom. The highest BCUT2D eigenvalue weighted by Gasteiger charge is 2.19. The minimum Gasteiger partial charge on any atom is -0.206 e. The fourth-order valence-electron chi connectivity index (χ4n) is 4.22. The van der Waals surface area contributed by atoms with Crippen LogP contribution in [0.1, 0.15) is 49.7 Å². The summed E-state index contributed by atoms with van der Waals surface area (Å²) in [6.45, 7) is 2.35. The van der Waals surface area contributed by atoms with Crippen LogP contribution in [0.3, 0.4) is 0 Å². The first-order valence-electron chi connectivity index (χ1n) is 10.1. The van der Waals surface area contributed by atoms with Gasteiger partial charge in [-0.3, -0.25) is 0 Å². The summed E-state index contributed by atoms with van der Waals surface area (Å²) in [4.78, 5) is 0. The average Bonchev–Trinajstić information content (AvgIpc) is 2.74. The SMILES string of the molecule is C#Cc1ccc(-c2ccc(-c3ccc(C4CCC(C)CC4)cc3)cc2F)cc1. The van der Waals surface area contributed by atoms with E-state index >= 15 is 0 Å². The molecule has 0 radical (unpaired) electrons. The maximum absolute atomic E-state index is 14.8. The number of hydrogen-bond acceptors (Lipinski definition) is 0. The molecule has 0 N–H and O–H groups in total. The van der Waals surface area contributed by atoms with Gasteiger partial charge in [0.1, 0.15) is 5.82 Å². The smallest absolute Gasteiger partial charge is 0.131 e. The third kappa shape index (κ3) is 3.87. The Labute approximate surface area is 167 Å². The van der Waals surface area contributed by atoms with E-state index in [1.807, 2.05) is 36.4 Å². The first-order chi connectivity index (χ1) is 13.6. The van der Waals surface area contributed by atoms with Crippen molar-refractivity contribution in [3.05, 3.63) is 83.7 Å². The van der Waals surface area contributed by atoms with Crippen LogP contribution >= 0.6 is 0 Å². The lowest BCUT2D eigenvalue weighted by atomic mass is 9.79. The van der Waals surface area contributed by atoms with Crippen molar-refractivity contribution in [1.82, 2.24) is 0 Å². The van der Waals surface area contributed by atoms with E-state index in [0.717, 1.165) is 28.2 Å². The lowest BCUT2D eigenvalue weighted by Gasteiger charge is -2.26. The van der Waals surface area contributed by atoms with Gasteiger partial charge in [-0.1, -0.05) is 74.2 Å². The molecule has 0 aromatic heterocycles. The Bertz CT molecular complexity index is 982.